The summed E-state index contributed by atoms with van der Waals surface area (Å²) in [5.74, 6) is 1.07. The number of aliphatic hydroxyl groups is 1. The number of aliphatic hydroxyl groups excluding tert-OH is 1. The lowest BCUT2D eigenvalue weighted by Crippen LogP contribution is -2.59. The van der Waals surface area contributed by atoms with Crippen LogP contribution < -0.4 is 4.84 Å². The van der Waals surface area contributed by atoms with Crippen LogP contribution in [-0.2, 0) is 0 Å². The zero-order chi connectivity index (χ0) is 19.5. The van der Waals surface area contributed by atoms with Gasteiger partial charge in [0.2, 0.25) is 0 Å². The first-order valence-corrected chi connectivity index (χ1v) is 10.1. The highest BCUT2D eigenvalue weighted by Crippen LogP contribution is 2.39. The van der Waals surface area contributed by atoms with Gasteiger partial charge in [0, 0.05) is 12.5 Å². The molecule has 3 heteroatoms. The molecule has 1 unspecified atom stereocenters. The fourth-order valence-corrected chi connectivity index (χ4v) is 4.43. The van der Waals surface area contributed by atoms with Crippen LogP contribution in [0.5, 0.6) is 5.75 Å². The highest BCUT2D eigenvalue weighted by molar-refractivity contribution is 5.36. The minimum atomic E-state index is 0.0177. The molecule has 3 nitrogen and oxygen atoms in total. The molecule has 1 aliphatic heterocycles. The molecule has 1 atom stereocenters. The fourth-order valence-electron chi connectivity index (χ4n) is 4.43. The maximum absolute atomic E-state index is 9.51. The summed E-state index contributed by atoms with van der Waals surface area (Å²) in [6.45, 7) is 9.21. The summed E-state index contributed by atoms with van der Waals surface area (Å²) in [5.41, 5.74) is 2.48. The third kappa shape index (κ3) is 4.53. The number of hydrogen-bond donors (Lipinski definition) is 1. The zero-order valence-electron chi connectivity index (χ0n) is 17.1. The van der Waals surface area contributed by atoms with E-state index in [1.807, 2.05) is 6.07 Å². The van der Waals surface area contributed by atoms with E-state index >= 15 is 0 Å². The van der Waals surface area contributed by atoms with E-state index in [0.29, 0.717) is 0 Å². The molecule has 1 heterocycles. The Morgan fingerprint density at radius 3 is 2.00 bits per heavy atom. The lowest BCUT2D eigenvalue weighted by atomic mass is 9.82. The van der Waals surface area contributed by atoms with E-state index in [9.17, 15) is 5.11 Å². The fraction of sp³-hybridized carbons (Fsp3) is 0.500. The van der Waals surface area contributed by atoms with Crippen LogP contribution in [-0.4, -0.2) is 27.9 Å². The van der Waals surface area contributed by atoms with Crippen molar-refractivity contribution in [1.29, 1.82) is 0 Å². The molecule has 1 N–H and O–H groups in total. The Hall–Kier alpha value is -1.84. The predicted molar refractivity (Wildman–Crippen MR) is 111 cm³/mol. The number of benzene rings is 2. The van der Waals surface area contributed by atoms with Crippen molar-refractivity contribution in [2.24, 2.45) is 0 Å². The molecule has 0 aromatic heterocycles. The molecule has 2 aromatic carbocycles. The Morgan fingerprint density at radius 2 is 1.44 bits per heavy atom. The molecule has 0 bridgehead atoms. The maximum atomic E-state index is 9.51. The van der Waals surface area contributed by atoms with Crippen LogP contribution in [0.15, 0.2) is 54.6 Å². The van der Waals surface area contributed by atoms with Crippen LogP contribution in [0.25, 0.3) is 0 Å². The number of hydroxylamine groups is 2. The van der Waals surface area contributed by atoms with E-state index in [0.717, 1.165) is 25.0 Å². The first-order chi connectivity index (χ1) is 12.8. The summed E-state index contributed by atoms with van der Waals surface area (Å²) >= 11 is 0. The van der Waals surface area contributed by atoms with Gasteiger partial charge < -0.3 is 9.94 Å². The molecule has 146 valence electrons. The Morgan fingerprint density at radius 1 is 0.889 bits per heavy atom. The highest BCUT2D eigenvalue weighted by atomic mass is 16.7. The van der Waals surface area contributed by atoms with Gasteiger partial charge in [0.1, 0.15) is 5.75 Å². The van der Waals surface area contributed by atoms with E-state index in [4.69, 9.17) is 4.84 Å². The second-order valence-electron chi connectivity index (χ2n) is 8.91. The number of rotatable bonds is 6. The third-order valence-corrected chi connectivity index (χ3v) is 5.78. The molecule has 27 heavy (non-hydrogen) atoms. The van der Waals surface area contributed by atoms with Gasteiger partial charge in [-0.1, -0.05) is 42.5 Å². The summed E-state index contributed by atoms with van der Waals surface area (Å²) < 4.78 is 0. The van der Waals surface area contributed by atoms with E-state index in [2.05, 4.69) is 81.3 Å². The largest absolute Gasteiger partial charge is 0.405 e. The smallest absolute Gasteiger partial charge is 0.147 e. The van der Waals surface area contributed by atoms with E-state index < -0.39 is 0 Å². The Balaban J connectivity index is 1.80. The molecule has 1 fully saturated rings. The topological polar surface area (TPSA) is 32.7 Å². The molecular weight excluding hydrogens is 334 g/mol. The minimum Gasteiger partial charge on any atom is -0.405 e. The van der Waals surface area contributed by atoms with Crippen LogP contribution >= 0.6 is 0 Å². The number of piperidine rings is 1. The van der Waals surface area contributed by atoms with Gasteiger partial charge in [-0.3, -0.25) is 0 Å². The van der Waals surface area contributed by atoms with Gasteiger partial charge in [0.15, 0.2) is 0 Å². The van der Waals surface area contributed by atoms with Gasteiger partial charge in [-0.15, -0.1) is 5.06 Å². The molecule has 1 aliphatic rings. The van der Waals surface area contributed by atoms with Crippen molar-refractivity contribution in [1.82, 2.24) is 5.06 Å². The third-order valence-electron chi connectivity index (χ3n) is 5.78. The summed E-state index contributed by atoms with van der Waals surface area (Å²) in [4.78, 5) is 6.37. The van der Waals surface area contributed by atoms with Crippen LogP contribution in [0.2, 0.25) is 0 Å². The Kier molecular flexibility index (Phi) is 5.92. The van der Waals surface area contributed by atoms with Crippen molar-refractivity contribution in [2.75, 3.05) is 6.61 Å². The summed E-state index contributed by atoms with van der Waals surface area (Å²) in [7, 11) is 0. The van der Waals surface area contributed by atoms with Crippen LogP contribution in [0.3, 0.4) is 0 Å². The van der Waals surface area contributed by atoms with Crippen molar-refractivity contribution < 1.29 is 9.94 Å². The van der Waals surface area contributed by atoms with E-state index in [-0.39, 0.29) is 23.6 Å². The highest BCUT2D eigenvalue weighted by Gasteiger charge is 2.43. The second-order valence-corrected chi connectivity index (χ2v) is 8.91. The average Bonchev–Trinajstić information content (AvgIpc) is 2.64. The standard InChI is InChI=1S/C24H33NO2/c1-23(2)16-8-17-24(3,4)25(23)27-21-13-11-20(12-14-21)22(15-18-26)19-9-6-5-7-10-19/h5-7,9-14,22,26H,8,15-18H2,1-4H3. The van der Waals surface area contributed by atoms with E-state index in [1.54, 1.807) is 0 Å². The molecule has 0 amide bonds. The number of nitrogens with zero attached hydrogens (tertiary/aromatic N) is 1. The van der Waals surface area contributed by atoms with Crippen molar-refractivity contribution in [3.8, 4) is 5.75 Å². The zero-order valence-corrected chi connectivity index (χ0v) is 17.1. The quantitative estimate of drug-likeness (QED) is 0.728. The second kappa shape index (κ2) is 8.04. The van der Waals surface area contributed by atoms with Crippen LogP contribution in [0.1, 0.15) is 70.4 Å². The summed E-state index contributed by atoms with van der Waals surface area (Å²) in [5, 5.41) is 11.7. The lowest BCUT2D eigenvalue weighted by molar-refractivity contribution is -0.216. The van der Waals surface area contributed by atoms with Gasteiger partial charge in [-0.2, -0.15) is 0 Å². The SMILES string of the molecule is CC1(C)CCCC(C)(C)N1Oc1ccc(C(CCO)c2ccccc2)cc1. The summed E-state index contributed by atoms with van der Waals surface area (Å²) in [6.07, 6.45) is 4.23. The molecule has 0 radical (unpaired) electrons. The minimum absolute atomic E-state index is 0.0177. The Labute approximate surface area is 163 Å². The lowest BCUT2D eigenvalue weighted by Gasteiger charge is -2.50. The monoisotopic (exact) mass is 367 g/mol. The van der Waals surface area contributed by atoms with Crippen molar-refractivity contribution >= 4 is 0 Å². The molecule has 0 spiro atoms. The molecular formula is C24H33NO2. The van der Waals surface area contributed by atoms with Gasteiger partial charge in [0.05, 0.1) is 11.1 Å². The first kappa shape index (κ1) is 19.9. The normalized spacial score (nSPS) is 20.2. The molecule has 1 saturated heterocycles. The van der Waals surface area contributed by atoms with E-state index in [1.165, 1.54) is 17.5 Å². The van der Waals surface area contributed by atoms with Crippen LogP contribution in [0.4, 0.5) is 0 Å². The van der Waals surface area contributed by atoms with Gasteiger partial charge >= 0.3 is 0 Å². The van der Waals surface area contributed by atoms with Gasteiger partial charge in [0.25, 0.3) is 0 Å². The summed E-state index contributed by atoms with van der Waals surface area (Å²) in [6, 6.07) is 18.8. The van der Waals surface area contributed by atoms with Crippen LogP contribution in [0, 0.1) is 0 Å². The predicted octanol–water partition coefficient (Wildman–Crippen LogP) is 5.54. The van der Waals surface area contributed by atoms with Gasteiger partial charge in [-0.05, 0) is 76.6 Å². The molecule has 0 saturated carbocycles. The number of hydrogen-bond acceptors (Lipinski definition) is 3. The molecule has 0 aliphatic carbocycles. The average molecular weight is 368 g/mol. The van der Waals surface area contributed by atoms with Crippen molar-refractivity contribution in [2.45, 2.75) is 70.4 Å². The first-order valence-electron chi connectivity index (χ1n) is 10.1. The van der Waals surface area contributed by atoms with Gasteiger partial charge in [-0.25, -0.2) is 0 Å². The Bertz CT molecular complexity index is 706. The molecule has 2 aromatic rings. The molecule has 3 rings (SSSR count). The maximum Gasteiger partial charge on any atom is 0.147 e. The van der Waals surface area contributed by atoms with Crippen molar-refractivity contribution in [3.63, 3.8) is 0 Å². The van der Waals surface area contributed by atoms with Crippen molar-refractivity contribution in [3.05, 3.63) is 65.7 Å².